The van der Waals surface area contributed by atoms with Crippen LogP contribution in [0.3, 0.4) is 0 Å². The van der Waals surface area contributed by atoms with Gasteiger partial charge in [0, 0.05) is 25.2 Å². The van der Waals surface area contributed by atoms with Crippen LogP contribution in [-0.4, -0.2) is 41.5 Å². The Morgan fingerprint density at radius 2 is 2.18 bits per heavy atom. The quantitative estimate of drug-likeness (QED) is 0.635. The Morgan fingerprint density at radius 3 is 2.86 bits per heavy atom. The molecule has 22 heavy (non-hydrogen) atoms. The van der Waals surface area contributed by atoms with Crippen LogP contribution in [0.1, 0.15) is 19.8 Å². The number of para-hydroxylation sites is 2. The summed E-state index contributed by atoms with van der Waals surface area (Å²) >= 11 is 0. The SMILES string of the molecule is C[C@@H]1CC[C@@H](C(N)=O)CN1CCOc1ccccc1[N+](=O)[O-]. The van der Waals surface area contributed by atoms with Crippen LogP contribution in [0.25, 0.3) is 0 Å². The first-order valence-electron chi connectivity index (χ1n) is 7.38. The van der Waals surface area contributed by atoms with Gasteiger partial charge in [0.2, 0.25) is 5.91 Å². The van der Waals surface area contributed by atoms with Gasteiger partial charge in [0.25, 0.3) is 0 Å². The van der Waals surface area contributed by atoms with Gasteiger partial charge >= 0.3 is 5.69 Å². The van der Waals surface area contributed by atoms with Crippen LogP contribution < -0.4 is 10.5 Å². The number of amides is 1. The average Bonchev–Trinajstić information content (AvgIpc) is 2.49. The summed E-state index contributed by atoms with van der Waals surface area (Å²) in [5, 5.41) is 10.9. The molecule has 0 radical (unpaired) electrons. The molecular weight excluding hydrogens is 286 g/mol. The first-order valence-corrected chi connectivity index (χ1v) is 7.38. The van der Waals surface area contributed by atoms with Crippen LogP contribution in [0.15, 0.2) is 24.3 Å². The van der Waals surface area contributed by atoms with E-state index in [0.717, 1.165) is 12.8 Å². The van der Waals surface area contributed by atoms with E-state index in [-0.39, 0.29) is 23.3 Å². The number of nitro groups is 1. The molecule has 1 amide bonds. The van der Waals surface area contributed by atoms with Crippen molar-refractivity contribution in [2.45, 2.75) is 25.8 Å². The maximum absolute atomic E-state index is 11.3. The fourth-order valence-corrected chi connectivity index (χ4v) is 2.73. The number of primary amides is 1. The molecule has 1 aliphatic heterocycles. The number of hydrogen-bond donors (Lipinski definition) is 1. The number of rotatable bonds is 6. The minimum absolute atomic E-state index is 0.0378. The second kappa shape index (κ2) is 7.22. The van der Waals surface area contributed by atoms with Crippen molar-refractivity contribution in [1.82, 2.24) is 4.90 Å². The topological polar surface area (TPSA) is 98.7 Å². The maximum Gasteiger partial charge on any atom is 0.310 e. The van der Waals surface area contributed by atoms with Crippen LogP contribution in [0.4, 0.5) is 5.69 Å². The highest BCUT2D eigenvalue weighted by atomic mass is 16.6. The molecule has 0 saturated carbocycles. The van der Waals surface area contributed by atoms with E-state index in [4.69, 9.17) is 10.5 Å². The second-order valence-corrected chi connectivity index (χ2v) is 5.59. The van der Waals surface area contributed by atoms with Crippen LogP contribution in [-0.2, 0) is 4.79 Å². The van der Waals surface area contributed by atoms with Gasteiger partial charge in [-0.05, 0) is 25.8 Å². The molecule has 1 heterocycles. The standard InChI is InChI=1S/C15H21N3O4/c1-11-6-7-12(15(16)19)10-17(11)8-9-22-14-5-3-2-4-13(14)18(20)21/h2-5,11-12H,6-10H2,1H3,(H2,16,19)/t11-,12-/m1/s1. The highest BCUT2D eigenvalue weighted by Gasteiger charge is 2.28. The van der Waals surface area contributed by atoms with Crippen molar-refractivity contribution < 1.29 is 14.5 Å². The number of ether oxygens (including phenoxy) is 1. The van der Waals surface area contributed by atoms with Crippen LogP contribution in [0.5, 0.6) is 5.75 Å². The zero-order valence-corrected chi connectivity index (χ0v) is 12.6. The number of nitrogens with two attached hydrogens (primary N) is 1. The third-order valence-electron chi connectivity index (χ3n) is 4.11. The predicted molar refractivity (Wildman–Crippen MR) is 81.5 cm³/mol. The molecule has 1 saturated heterocycles. The Bertz CT molecular complexity index is 549. The smallest absolute Gasteiger partial charge is 0.310 e. The molecule has 0 unspecified atom stereocenters. The Morgan fingerprint density at radius 1 is 1.45 bits per heavy atom. The number of hydrogen-bond acceptors (Lipinski definition) is 5. The van der Waals surface area contributed by atoms with E-state index in [1.54, 1.807) is 18.2 Å². The zero-order chi connectivity index (χ0) is 16.1. The molecule has 0 aromatic heterocycles. The molecule has 2 atom stereocenters. The third kappa shape index (κ3) is 3.94. The monoisotopic (exact) mass is 307 g/mol. The highest BCUT2D eigenvalue weighted by Crippen LogP contribution is 2.26. The van der Waals surface area contributed by atoms with E-state index in [0.29, 0.717) is 25.7 Å². The summed E-state index contributed by atoms with van der Waals surface area (Å²) in [5.41, 5.74) is 5.34. The Hall–Kier alpha value is -2.15. The van der Waals surface area contributed by atoms with Gasteiger partial charge in [0.1, 0.15) is 6.61 Å². The summed E-state index contributed by atoms with van der Waals surface area (Å²) in [6.45, 7) is 3.66. The molecule has 2 N–H and O–H groups in total. The lowest BCUT2D eigenvalue weighted by molar-refractivity contribution is -0.385. The number of nitrogens with zero attached hydrogens (tertiary/aromatic N) is 2. The van der Waals surface area contributed by atoms with Crippen molar-refractivity contribution in [3.05, 3.63) is 34.4 Å². The highest BCUT2D eigenvalue weighted by molar-refractivity contribution is 5.76. The van der Waals surface area contributed by atoms with Gasteiger partial charge in [0.05, 0.1) is 10.8 Å². The third-order valence-corrected chi connectivity index (χ3v) is 4.11. The van der Waals surface area contributed by atoms with Crippen molar-refractivity contribution in [2.75, 3.05) is 19.7 Å². The average molecular weight is 307 g/mol. The molecule has 2 rings (SSSR count). The molecule has 1 aliphatic rings. The molecular formula is C15H21N3O4. The van der Waals surface area contributed by atoms with E-state index < -0.39 is 4.92 Å². The first-order chi connectivity index (χ1) is 10.5. The summed E-state index contributed by atoms with van der Waals surface area (Å²) < 4.78 is 5.55. The molecule has 120 valence electrons. The molecule has 0 spiro atoms. The second-order valence-electron chi connectivity index (χ2n) is 5.59. The fraction of sp³-hybridized carbons (Fsp3) is 0.533. The van der Waals surface area contributed by atoms with Gasteiger partial charge in [-0.25, -0.2) is 0 Å². The summed E-state index contributed by atoms with van der Waals surface area (Å²) in [6.07, 6.45) is 1.73. The van der Waals surface area contributed by atoms with Crippen LogP contribution in [0.2, 0.25) is 0 Å². The van der Waals surface area contributed by atoms with Crippen molar-refractivity contribution in [3.8, 4) is 5.75 Å². The molecule has 1 aromatic carbocycles. The van der Waals surface area contributed by atoms with E-state index in [2.05, 4.69) is 11.8 Å². The Labute approximate surface area is 129 Å². The molecule has 0 aliphatic carbocycles. The number of likely N-dealkylation sites (tertiary alicyclic amines) is 1. The van der Waals surface area contributed by atoms with Crippen molar-refractivity contribution in [1.29, 1.82) is 0 Å². The van der Waals surface area contributed by atoms with Crippen molar-refractivity contribution in [2.24, 2.45) is 11.7 Å². The normalized spacial score (nSPS) is 22.2. The minimum Gasteiger partial charge on any atom is -0.485 e. The summed E-state index contributed by atoms with van der Waals surface area (Å²) in [5.74, 6) is -0.123. The first kappa shape index (κ1) is 16.2. The lowest BCUT2D eigenvalue weighted by Gasteiger charge is -2.36. The number of piperidine rings is 1. The van der Waals surface area contributed by atoms with Gasteiger partial charge in [-0.2, -0.15) is 0 Å². The molecule has 7 heteroatoms. The van der Waals surface area contributed by atoms with Gasteiger partial charge in [-0.1, -0.05) is 12.1 Å². The van der Waals surface area contributed by atoms with Gasteiger partial charge in [-0.3, -0.25) is 19.8 Å². The summed E-state index contributed by atoms with van der Waals surface area (Å²) in [6, 6.07) is 6.67. The van der Waals surface area contributed by atoms with Crippen LogP contribution in [0, 0.1) is 16.0 Å². The van der Waals surface area contributed by atoms with Crippen LogP contribution >= 0.6 is 0 Å². The largest absolute Gasteiger partial charge is 0.485 e. The lowest BCUT2D eigenvalue weighted by Crippen LogP contribution is -2.47. The van der Waals surface area contributed by atoms with Gasteiger partial charge < -0.3 is 10.5 Å². The molecule has 0 bridgehead atoms. The minimum atomic E-state index is -0.456. The molecule has 7 nitrogen and oxygen atoms in total. The lowest BCUT2D eigenvalue weighted by atomic mass is 9.93. The predicted octanol–water partition coefficient (Wildman–Crippen LogP) is 1.56. The Balaban J connectivity index is 1.90. The van der Waals surface area contributed by atoms with E-state index in [9.17, 15) is 14.9 Å². The molecule has 1 fully saturated rings. The fourth-order valence-electron chi connectivity index (χ4n) is 2.73. The van der Waals surface area contributed by atoms with Crippen molar-refractivity contribution in [3.63, 3.8) is 0 Å². The van der Waals surface area contributed by atoms with E-state index in [1.807, 2.05) is 0 Å². The van der Waals surface area contributed by atoms with Crippen molar-refractivity contribution >= 4 is 11.6 Å². The maximum atomic E-state index is 11.3. The zero-order valence-electron chi connectivity index (χ0n) is 12.6. The number of carbonyl (C=O) groups excluding carboxylic acids is 1. The van der Waals surface area contributed by atoms with E-state index >= 15 is 0 Å². The Kier molecular flexibility index (Phi) is 5.32. The van der Waals surface area contributed by atoms with Gasteiger partial charge in [-0.15, -0.1) is 0 Å². The number of nitro benzene ring substituents is 1. The van der Waals surface area contributed by atoms with E-state index in [1.165, 1.54) is 6.07 Å². The molecule has 1 aromatic rings. The number of benzene rings is 1. The summed E-state index contributed by atoms with van der Waals surface area (Å²) in [7, 11) is 0. The number of carbonyl (C=O) groups is 1. The van der Waals surface area contributed by atoms with Gasteiger partial charge in [0.15, 0.2) is 5.75 Å². The summed E-state index contributed by atoms with van der Waals surface area (Å²) in [4.78, 5) is 23.9.